The SMILES string of the molecule is CN(CCC1CCCCC1)C(=O)c1ccc(Br)c(F)c1. The lowest BCUT2D eigenvalue weighted by Crippen LogP contribution is -2.29. The average Bonchev–Trinajstić information content (AvgIpc) is 2.48. The molecule has 1 aromatic carbocycles. The fraction of sp³-hybridized carbons (Fsp3) is 0.562. The number of halogens is 2. The Morgan fingerprint density at radius 2 is 2.05 bits per heavy atom. The van der Waals surface area contributed by atoms with Crippen LogP contribution in [0.3, 0.4) is 0 Å². The minimum Gasteiger partial charge on any atom is -0.342 e. The molecule has 0 N–H and O–H groups in total. The summed E-state index contributed by atoms with van der Waals surface area (Å²) in [4.78, 5) is 13.9. The third-order valence-corrected chi connectivity index (χ3v) is 4.75. The van der Waals surface area contributed by atoms with Crippen LogP contribution in [0.4, 0.5) is 4.39 Å². The van der Waals surface area contributed by atoms with E-state index >= 15 is 0 Å². The van der Waals surface area contributed by atoms with Crippen molar-refractivity contribution >= 4 is 21.8 Å². The van der Waals surface area contributed by atoms with Gasteiger partial charge in [0.25, 0.3) is 5.91 Å². The molecule has 0 radical (unpaired) electrons. The first-order chi connectivity index (χ1) is 9.58. The normalized spacial score (nSPS) is 16.1. The maximum absolute atomic E-state index is 13.5. The van der Waals surface area contributed by atoms with E-state index in [2.05, 4.69) is 15.9 Å². The predicted octanol–water partition coefficient (Wildman–Crippen LogP) is 4.63. The maximum Gasteiger partial charge on any atom is 0.253 e. The monoisotopic (exact) mass is 341 g/mol. The fourth-order valence-corrected chi connectivity index (χ4v) is 3.05. The molecule has 2 nitrogen and oxygen atoms in total. The summed E-state index contributed by atoms with van der Waals surface area (Å²) in [5.74, 6) is 0.254. The van der Waals surface area contributed by atoms with Crippen molar-refractivity contribution in [1.29, 1.82) is 0 Å². The Hall–Kier alpha value is -0.900. The van der Waals surface area contributed by atoms with Crippen LogP contribution in [0.15, 0.2) is 22.7 Å². The van der Waals surface area contributed by atoms with E-state index < -0.39 is 5.82 Å². The minimum absolute atomic E-state index is 0.104. The van der Waals surface area contributed by atoms with Crippen LogP contribution in [-0.4, -0.2) is 24.4 Å². The molecule has 0 unspecified atom stereocenters. The number of carbonyl (C=O) groups is 1. The second kappa shape index (κ2) is 7.21. The largest absolute Gasteiger partial charge is 0.342 e. The van der Waals surface area contributed by atoms with E-state index in [0.717, 1.165) is 18.9 Å². The average molecular weight is 342 g/mol. The molecule has 0 aliphatic heterocycles. The molecule has 1 aromatic rings. The van der Waals surface area contributed by atoms with E-state index in [1.165, 1.54) is 38.2 Å². The predicted molar refractivity (Wildman–Crippen MR) is 82.3 cm³/mol. The van der Waals surface area contributed by atoms with Gasteiger partial charge < -0.3 is 4.90 Å². The van der Waals surface area contributed by atoms with Gasteiger partial charge in [0, 0.05) is 19.2 Å². The molecule has 0 aromatic heterocycles. The summed E-state index contributed by atoms with van der Waals surface area (Å²) in [6, 6.07) is 4.54. The molecular formula is C16H21BrFNO. The Morgan fingerprint density at radius 1 is 1.35 bits per heavy atom. The summed E-state index contributed by atoms with van der Waals surface area (Å²) < 4.78 is 13.8. The fourth-order valence-electron chi connectivity index (χ4n) is 2.80. The summed E-state index contributed by atoms with van der Waals surface area (Å²) in [5.41, 5.74) is 0.414. The van der Waals surface area contributed by atoms with Crippen LogP contribution in [0.1, 0.15) is 48.9 Å². The van der Waals surface area contributed by atoms with Crippen molar-refractivity contribution in [1.82, 2.24) is 4.90 Å². The van der Waals surface area contributed by atoms with Gasteiger partial charge in [-0.25, -0.2) is 4.39 Å². The van der Waals surface area contributed by atoms with Crippen LogP contribution in [0.25, 0.3) is 0 Å². The Kier molecular flexibility index (Phi) is 5.58. The molecule has 2 rings (SSSR count). The zero-order chi connectivity index (χ0) is 14.5. The summed E-state index contributed by atoms with van der Waals surface area (Å²) in [6.07, 6.45) is 7.62. The molecule has 0 atom stereocenters. The van der Waals surface area contributed by atoms with Crippen LogP contribution >= 0.6 is 15.9 Å². The standard InChI is InChI=1S/C16H21BrFNO/c1-19(10-9-12-5-3-2-4-6-12)16(20)13-7-8-14(17)15(18)11-13/h7-8,11-12H,2-6,9-10H2,1H3. The molecule has 20 heavy (non-hydrogen) atoms. The summed E-state index contributed by atoms with van der Waals surface area (Å²) >= 11 is 3.10. The molecule has 1 amide bonds. The van der Waals surface area contributed by atoms with Crippen LogP contribution in [0.5, 0.6) is 0 Å². The van der Waals surface area contributed by atoms with Gasteiger partial charge in [-0.3, -0.25) is 4.79 Å². The number of benzene rings is 1. The number of amides is 1. The molecule has 1 aliphatic rings. The van der Waals surface area contributed by atoms with Crippen LogP contribution < -0.4 is 0 Å². The van der Waals surface area contributed by atoms with Crippen molar-refractivity contribution in [2.45, 2.75) is 38.5 Å². The van der Waals surface area contributed by atoms with Crippen molar-refractivity contribution in [3.63, 3.8) is 0 Å². The molecule has 0 bridgehead atoms. The first-order valence-corrected chi connectivity index (χ1v) is 8.07. The van der Waals surface area contributed by atoms with Gasteiger partial charge in [-0.1, -0.05) is 32.1 Å². The molecule has 1 saturated carbocycles. The molecule has 0 heterocycles. The van der Waals surface area contributed by atoms with Crippen LogP contribution in [0, 0.1) is 11.7 Å². The number of hydrogen-bond acceptors (Lipinski definition) is 1. The number of nitrogens with zero attached hydrogens (tertiary/aromatic N) is 1. The first-order valence-electron chi connectivity index (χ1n) is 7.28. The van der Waals surface area contributed by atoms with Gasteiger partial charge in [0.15, 0.2) is 0 Å². The molecule has 1 fully saturated rings. The van der Waals surface area contributed by atoms with Crippen LogP contribution in [-0.2, 0) is 0 Å². The van der Waals surface area contributed by atoms with Gasteiger partial charge >= 0.3 is 0 Å². The Morgan fingerprint density at radius 3 is 2.70 bits per heavy atom. The number of rotatable bonds is 4. The van der Waals surface area contributed by atoms with Gasteiger partial charge in [0.1, 0.15) is 5.82 Å². The van der Waals surface area contributed by atoms with Crippen molar-refractivity contribution in [3.8, 4) is 0 Å². The summed E-state index contributed by atoms with van der Waals surface area (Å²) in [6.45, 7) is 0.751. The number of hydrogen-bond donors (Lipinski definition) is 0. The number of carbonyl (C=O) groups excluding carboxylic acids is 1. The Balaban J connectivity index is 1.89. The van der Waals surface area contributed by atoms with Crippen molar-refractivity contribution in [2.24, 2.45) is 5.92 Å². The second-order valence-corrected chi connectivity index (χ2v) is 6.50. The Bertz CT molecular complexity index is 472. The quantitative estimate of drug-likeness (QED) is 0.781. The van der Waals surface area contributed by atoms with E-state index in [1.807, 2.05) is 0 Å². The highest BCUT2D eigenvalue weighted by Gasteiger charge is 2.17. The van der Waals surface area contributed by atoms with Crippen molar-refractivity contribution < 1.29 is 9.18 Å². The van der Waals surface area contributed by atoms with E-state index in [9.17, 15) is 9.18 Å². The maximum atomic E-state index is 13.5. The van der Waals surface area contributed by atoms with Gasteiger partial charge in [0.05, 0.1) is 4.47 Å². The minimum atomic E-state index is -0.392. The van der Waals surface area contributed by atoms with E-state index in [0.29, 0.717) is 10.0 Å². The topological polar surface area (TPSA) is 20.3 Å². The lowest BCUT2D eigenvalue weighted by molar-refractivity contribution is 0.0783. The molecule has 0 spiro atoms. The smallest absolute Gasteiger partial charge is 0.253 e. The lowest BCUT2D eigenvalue weighted by atomic mass is 9.87. The molecule has 110 valence electrons. The van der Waals surface area contributed by atoms with Gasteiger partial charge in [0.2, 0.25) is 0 Å². The highest BCUT2D eigenvalue weighted by atomic mass is 79.9. The van der Waals surface area contributed by atoms with Gasteiger partial charge in [-0.05, 0) is 46.5 Å². The first kappa shape index (κ1) is 15.5. The van der Waals surface area contributed by atoms with Gasteiger partial charge in [-0.2, -0.15) is 0 Å². The second-order valence-electron chi connectivity index (χ2n) is 5.65. The van der Waals surface area contributed by atoms with Crippen molar-refractivity contribution in [2.75, 3.05) is 13.6 Å². The van der Waals surface area contributed by atoms with Gasteiger partial charge in [-0.15, -0.1) is 0 Å². The Labute approximate surface area is 128 Å². The summed E-state index contributed by atoms with van der Waals surface area (Å²) in [5, 5.41) is 0. The van der Waals surface area contributed by atoms with E-state index in [-0.39, 0.29) is 5.91 Å². The molecule has 1 aliphatic carbocycles. The molecular weight excluding hydrogens is 321 g/mol. The molecule has 0 saturated heterocycles. The zero-order valence-electron chi connectivity index (χ0n) is 11.9. The third-order valence-electron chi connectivity index (χ3n) is 4.11. The van der Waals surface area contributed by atoms with Crippen molar-refractivity contribution in [3.05, 3.63) is 34.1 Å². The highest BCUT2D eigenvalue weighted by Crippen LogP contribution is 2.26. The molecule has 4 heteroatoms. The summed E-state index contributed by atoms with van der Waals surface area (Å²) in [7, 11) is 1.80. The van der Waals surface area contributed by atoms with Crippen LogP contribution in [0.2, 0.25) is 0 Å². The van der Waals surface area contributed by atoms with E-state index in [4.69, 9.17) is 0 Å². The zero-order valence-corrected chi connectivity index (χ0v) is 13.5. The van der Waals surface area contributed by atoms with E-state index in [1.54, 1.807) is 24.1 Å². The lowest BCUT2D eigenvalue weighted by Gasteiger charge is -2.24. The highest BCUT2D eigenvalue weighted by molar-refractivity contribution is 9.10. The third kappa shape index (κ3) is 4.05.